The van der Waals surface area contributed by atoms with Gasteiger partial charge in [-0.25, -0.2) is 0 Å². The number of halogens is 3. The van der Waals surface area contributed by atoms with Gasteiger partial charge in [0.15, 0.2) is 0 Å². The third-order valence-electron chi connectivity index (χ3n) is 1.92. The number of hydrogen-bond acceptors (Lipinski definition) is 3. The van der Waals surface area contributed by atoms with Crippen molar-refractivity contribution in [2.45, 2.75) is 19.5 Å². The van der Waals surface area contributed by atoms with Gasteiger partial charge in [0.1, 0.15) is 5.82 Å². The second kappa shape index (κ2) is 3.89. The van der Waals surface area contributed by atoms with Crippen LogP contribution in [0.4, 0.5) is 13.2 Å². The average Bonchev–Trinajstić information content (AvgIpc) is 2.57. The summed E-state index contributed by atoms with van der Waals surface area (Å²) in [4.78, 5) is 10.9. The third kappa shape index (κ3) is 2.18. The van der Waals surface area contributed by atoms with Crippen LogP contribution in [0.2, 0.25) is 0 Å². The maximum atomic E-state index is 12.1. The number of Topliss-reactive ketones (excluding diaryl/α,β-unsaturated/α-hetero) is 1. The Hall–Kier alpha value is -1.20. The van der Waals surface area contributed by atoms with Crippen LogP contribution < -0.4 is 10.6 Å². The Morgan fingerprint density at radius 1 is 1.36 bits per heavy atom. The van der Waals surface area contributed by atoms with Crippen molar-refractivity contribution in [3.05, 3.63) is 11.4 Å². The highest BCUT2D eigenvalue weighted by Gasteiger charge is 2.41. The molecule has 0 amide bonds. The molecule has 1 rings (SSSR count). The minimum atomic E-state index is -4.79. The van der Waals surface area contributed by atoms with E-state index in [0.717, 1.165) is 0 Å². The molecule has 2 N–H and O–H groups in total. The van der Waals surface area contributed by atoms with Crippen LogP contribution in [0.25, 0.3) is 0 Å². The van der Waals surface area contributed by atoms with Crippen LogP contribution in [0.5, 0.6) is 0 Å². The van der Waals surface area contributed by atoms with Gasteiger partial charge in [0, 0.05) is 18.7 Å². The average molecular weight is 208 g/mol. The predicted molar refractivity (Wildman–Crippen MR) is 44.4 cm³/mol. The molecule has 0 spiro atoms. The third-order valence-corrected chi connectivity index (χ3v) is 1.92. The number of rotatable bonds is 2. The molecule has 0 aromatic rings. The molecule has 0 aromatic heterocycles. The molecule has 1 aliphatic rings. The van der Waals surface area contributed by atoms with Gasteiger partial charge in [-0.1, -0.05) is 6.92 Å². The fourth-order valence-electron chi connectivity index (χ4n) is 1.27. The molecule has 14 heavy (non-hydrogen) atoms. The van der Waals surface area contributed by atoms with Crippen LogP contribution >= 0.6 is 0 Å². The summed E-state index contributed by atoms with van der Waals surface area (Å²) in [6, 6.07) is 0. The quantitative estimate of drug-likeness (QED) is 0.663. The molecule has 1 fully saturated rings. The Bertz CT molecular complexity index is 262. The van der Waals surface area contributed by atoms with E-state index in [9.17, 15) is 18.0 Å². The van der Waals surface area contributed by atoms with E-state index in [-0.39, 0.29) is 17.8 Å². The van der Waals surface area contributed by atoms with Crippen molar-refractivity contribution < 1.29 is 18.0 Å². The number of carbonyl (C=O) groups is 1. The van der Waals surface area contributed by atoms with Crippen LogP contribution in [0, 0.1) is 0 Å². The molecule has 0 atom stereocenters. The minimum absolute atomic E-state index is 0.0632. The van der Waals surface area contributed by atoms with Gasteiger partial charge in [0.25, 0.3) is 5.78 Å². The van der Waals surface area contributed by atoms with Crippen molar-refractivity contribution in [2.24, 2.45) is 0 Å². The summed E-state index contributed by atoms with van der Waals surface area (Å²) in [5.74, 6) is -1.55. The van der Waals surface area contributed by atoms with Crippen molar-refractivity contribution >= 4 is 5.78 Å². The first kappa shape index (κ1) is 10.9. The van der Waals surface area contributed by atoms with E-state index in [1.165, 1.54) is 6.92 Å². The predicted octanol–water partition coefficient (Wildman–Crippen LogP) is 0.932. The summed E-state index contributed by atoms with van der Waals surface area (Å²) in [6.07, 6.45) is -4.72. The number of hydrogen-bond donors (Lipinski definition) is 2. The van der Waals surface area contributed by atoms with Crippen LogP contribution in [0.1, 0.15) is 13.3 Å². The largest absolute Gasteiger partial charge is 0.454 e. The maximum Gasteiger partial charge on any atom is 0.454 e. The molecule has 3 nitrogen and oxygen atoms in total. The lowest BCUT2D eigenvalue weighted by Gasteiger charge is -2.10. The number of alkyl halides is 3. The fraction of sp³-hybridized carbons (Fsp3) is 0.625. The summed E-state index contributed by atoms with van der Waals surface area (Å²) in [6.45, 7) is 2.61. The summed E-state index contributed by atoms with van der Waals surface area (Å²) in [5, 5.41) is 5.42. The number of nitrogens with one attached hydrogen (secondary N) is 2. The number of ketones is 1. The van der Waals surface area contributed by atoms with Crippen molar-refractivity contribution in [3.63, 3.8) is 0 Å². The standard InChI is InChI=1S/C8H11F3N2O/c1-2-5(6(14)8(9,10)11)7-12-3-4-13-7/h12-13H,2-4H2,1H3. The van der Waals surface area contributed by atoms with Crippen molar-refractivity contribution in [3.8, 4) is 0 Å². The summed E-state index contributed by atoms with van der Waals surface area (Å²) < 4.78 is 36.3. The van der Waals surface area contributed by atoms with Crippen LogP contribution in [0.3, 0.4) is 0 Å². The maximum absolute atomic E-state index is 12.1. The van der Waals surface area contributed by atoms with E-state index < -0.39 is 12.0 Å². The molecular formula is C8H11F3N2O. The molecule has 1 saturated heterocycles. The highest BCUT2D eigenvalue weighted by molar-refractivity contribution is 6.00. The monoisotopic (exact) mass is 208 g/mol. The Balaban J connectivity index is 2.91. The molecule has 0 aliphatic carbocycles. The first-order valence-corrected chi connectivity index (χ1v) is 4.29. The number of carbonyl (C=O) groups excluding carboxylic acids is 1. The second-order valence-electron chi connectivity index (χ2n) is 2.89. The second-order valence-corrected chi connectivity index (χ2v) is 2.89. The fourth-order valence-corrected chi connectivity index (χ4v) is 1.27. The Labute approximate surface area is 79.4 Å². The van der Waals surface area contributed by atoms with Crippen LogP contribution in [-0.4, -0.2) is 25.0 Å². The van der Waals surface area contributed by atoms with Gasteiger partial charge in [0.05, 0.1) is 0 Å². The zero-order valence-corrected chi connectivity index (χ0v) is 7.66. The Morgan fingerprint density at radius 3 is 2.21 bits per heavy atom. The zero-order valence-electron chi connectivity index (χ0n) is 7.66. The van der Waals surface area contributed by atoms with Gasteiger partial charge in [-0.2, -0.15) is 13.2 Å². The molecule has 0 radical (unpaired) electrons. The van der Waals surface area contributed by atoms with Gasteiger partial charge in [0.2, 0.25) is 0 Å². The molecule has 1 aliphatic heterocycles. The Morgan fingerprint density at radius 2 is 1.86 bits per heavy atom. The summed E-state index contributed by atoms with van der Waals surface area (Å²) in [5.41, 5.74) is -0.227. The number of allylic oxidation sites excluding steroid dienone is 1. The van der Waals surface area contributed by atoms with Gasteiger partial charge in [-0.05, 0) is 6.42 Å². The van der Waals surface area contributed by atoms with Gasteiger partial charge in [-0.3, -0.25) is 4.79 Å². The molecule has 6 heteroatoms. The van der Waals surface area contributed by atoms with E-state index in [1.807, 2.05) is 0 Å². The topological polar surface area (TPSA) is 41.1 Å². The first-order valence-electron chi connectivity index (χ1n) is 4.29. The first-order chi connectivity index (χ1) is 6.46. The molecule has 0 unspecified atom stereocenters. The van der Waals surface area contributed by atoms with E-state index in [4.69, 9.17) is 0 Å². The molecule has 80 valence electrons. The van der Waals surface area contributed by atoms with E-state index >= 15 is 0 Å². The lowest BCUT2D eigenvalue weighted by molar-refractivity contribution is -0.166. The Kier molecular flexibility index (Phi) is 3.03. The molecule has 1 heterocycles. The minimum Gasteiger partial charge on any atom is -0.370 e. The highest BCUT2D eigenvalue weighted by atomic mass is 19.4. The smallest absolute Gasteiger partial charge is 0.370 e. The van der Waals surface area contributed by atoms with Gasteiger partial charge >= 0.3 is 6.18 Å². The molecular weight excluding hydrogens is 197 g/mol. The summed E-state index contributed by atoms with van der Waals surface area (Å²) in [7, 11) is 0. The molecule has 0 bridgehead atoms. The lowest BCUT2D eigenvalue weighted by atomic mass is 10.1. The van der Waals surface area contributed by atoms with Gasteiger partial charge in [-0.15, -0.1) is 0 Å². The SMILES string of the molecule is CCC(C(=O)C(F)(F)F)=C1NCCN1. The van der Waals surface area contributed by atoms with E-state index in [2.05, 4.69) is 10.6 Å². The lowest BCUT2D eigenvalue weighted by Crippen LogP contribution is -2.28. The van der Waals surface area contributed by atoms with E-state index in [1.54, 1.807) is 0 Å². The van der Waals surface area contributed by atoms with Crippen molar-refractivity contribution in [2.75, 3.05) is 13.1 Å². The normalized spacial score (nSPS) is 16.1. The zero-order chi connectivity index (χ0) is 10.8. The molecule has 0 aromatic carbocycles. The van der Waals surface area contributed by atoms with Gasteiger partial charge < -0.3 is 10.6 Å². The molecule has 0 saturated carbocycles. The van der Waals surface area contributed by atoms with Crippen molar-refractivity contribution in [1.29, 1.82) is 0 Å². The van der Waals surface area contributed by atoms with Crippen molar-refractivity contribution in [1.82, 2.24) is 10.6 Å². The summed E-state index contributed by atoms with van der Waals surface area (Å²) >= 11 is 0. The van der Waals surface area contributed by atoms with Crippen LogP contribution in [-0.2, 0) is 4.79 Å². The van der Waals surface area contributed by atoms with Crippen LogP contribution in [0.15, 0.2) is 11.4 Å². The van der Waals surface area contributed by atoms with E-state index in [0.29, 0.717) is 13.1 Å². The highest BCUT2D eigenvalue weighted by Crippen LogP contribution is 2.23.